The van der Waals surface area contributed by atoms with Gasteiger partial charge in [-0.15, -0.1) is 13.2 Å². The Bertz CT molecular complexity index is 581. The van der Waals surface area contributed by atoms with Gasteiger partial charge in [-0.3, -0.25) is 0 Å². The summed E-state index contributed by atoms with van der Waals surface area (Å²) in [5.41, 5.74) is 1.53. The fourth-order valence-corrected chi connectivity index (χ4v) is 1.93. The zero-order valence-electron chi connectivity index (χ0n) is 11.5. The van der Waals surface area contributed by atoms with E-state index < -0.39 is 6.36 Å². The van der Waals surface area contributed by atoms with Crippen molar-refractivity contribution < 1.29 is 17.9 Å². The number of hydrogen-bond donors (Lipinski definition) is 1. The van der Waals surface area contributed by atoms with E-state index in [1.165, 1.54) is 18.2 Å². The average Bonchev–Trinajstić information content (AvgIpc) is 2.83. The summed E-state index contributed by atoms with van der Waals surface area (Å²) in [7, 11) is 0. The van der Waals surface area contributed by atoms with E-state index in [1.807, 2.05) is 4.57 Å². The monoisotopic (exact) mass is 299 g/mol. The lowest BCUT2D eigenvalue weighted by atomic mass is 10.3. The highest BCUT2D eigenvalue weighted by Crippen LogP contribution is 2.25. The predicted octanol–water partition coefficient (Wildman–Crippen LogP) is 3.80. The molecule has 0 bridgehead atoms. The van der Waals surface area contributed by atoms with Crippen LogP contribution in [-0.2, 0) is 13.1 Å². The minimum absolute atomic E-state index is 0.241. The molecule has 0 aliphatic heterocycles. The van der Waals surface area contributed by atoms with Crippen LogP contribution in [0.1, 0.15) is 19.0 Å². The van der Waals surface area contributed by atoms with Gasteiger partial charge < -0.3 is 14.6 Å². The van der Waals surface area contributed by atoms with E-state index in [0.29, 0.717) is 12.2 Å². The molecule has 1 heterocycles. The van der Waals surface area contributed by atoms with E-state index in [2.05, 4.69) is 22.0 Å². The van der Waals surface area contributed by atoms with Crippen LogP contribution in [0.4, 0.5) is 18.9 Å². The highest BCUT2D eigenvalue weighted by Gasteiger charge is 2.31. The third-order valence-electron chi connectivity index (χ3n) is 2.80. The van der Waals surface area contributed by atoms with Crippen LogP contribution in [0.25, 0.3) is 0 Å². The van der Waals surface area contributed by atoms with Crippen molar-refractivity contribution in [3.63, 3.8) is 0 Å². The molecule has 1 N–H and O–H groups in total. The van der Waals surface area contributed by atoms with Gasteiger partial charge in [0.05, 0.1) is 18.6 Å². The molecule has 1 aromatic carbocycles. The number of aromatic nitrogens is 2. The second kappa shape index (κ2) is 6.51. The van der Waals surface area contributed by atoms with Crippen LogP contribution < -0.4 is 10.1 Å². The number of nitrogens with one attached hydrogen (secondary N) is 1. The number of rotatable bonds is 6. The summed E-state index contributed by atoms with van der Waals surface area (Å²) in [5, 5.41) is 3.06. The molecule has 0 fully saturated rings. The van der Waals surface area contributed by atoms with Crippen LogP contribution in [0, 0.1) is 0 Å². The van der Waals surface area contributed by atoms with E-state index in [-0.39, 0.29) is 5.75 Å². The standard InChI is InChI=1S/C14H16F3N3O/c1-2-6-20-10-18-8-12(20)9-19-11-4-3-5-13(7-11)21-14(15,16)17/h3-5,7-8,10,19H,2,6,9H2,1H3. The molecule has 0 amide bonds. The predicted molar refractivity (Wildman–Crippen MR) is 73.0 cm³/mol. The number of ether oxygens (including phenoxy) is 1. The van der Waals surface area contributed by atoms with E-state index >= 15 is 0 Å². The van der Waals surface area contributed by atoms with Gasteiger partial charge in [0.25, 0.3) is 0 Å². The Kier molecular flexibility index (Phi) is 4.72. The maximum absolute atomic E-state index is 12.2. The van der Waals surface area contributed by atoms with Gasteiger partial charge in [-0.25, -0.2) is 4.98 Å². The van der Waals surface area contributed by atoms with E-state index in [4.69, 9.17) is 0 Å². The molecule has 2 rings (SSSR count). The summed E-state index contributed by atoms with van der Waals surface area (Å²) in [6, 6.07) is 5.77. The summed E-state index contributed by atoms with van der Waals surface area (Å²) < 4.78 is 42.4. The normalized spacial score (nSPS) is 11.4. The van der Waals surface area contributed by atoms with Crippen LogP contribution >= 0.6 is 0 Å². The number of nitrogens with zero attached hydrogens (tertiary/aromatic N) is 2. The molecule has 0 spiro atoms. The van der Waals surface area contributed by atoms with Crippen molar-refractivity contribution >= 4 is 5.69 Å². The first-order valence-electron chi connectivity index (χ1n) is 6.56. The maximum atomic E-state index is 12.2. The molecule has 114 valence electrons. The van der Waals surface area contributed by atoms with Crippen molar-refractivity contribution in [3.05, 3.63) is 42.5 Å². The second-order valence-electron chi connectivity index (χ2n) is 4.51. The third kappa shape index (κ3) is 4.70. The SMILES string of the molecule is CCCn1cncc1CNc1cccc(OC(F)(F)F)c1. The fourth-order valence-electron chi connectivity index (χ4n) is 1.93. The maximum Gasteiger partial charge on any atom is 0.573 e. The highest BCUT2D eigenvalue weighted by molar-refractivity contribution is 5.48. The molecule has 0 atom stereocenters. The van der Waals surface area contributed by atoms with Crippen molar-refractivity contribution in [2.45, 2.75) is 32.8 Å². The number of imidazole rings is 1. The number of hydrogen-bond acceptors (Lipinski definition) is 3. The van der Waals surface area contributed by atoms with Gasteiger partial charge in [-0.05, 0) is 18.6 Å². The smallest absolute Gasteiger partial charge is 0.406 e. The van der Waals surface area contributed by atoms with E-state index in [9.17, 15) is 13.2 Å². The Hall–Kier alpha value is -2.18. The Balaban J connectivity index is 2.00. The molecule has 1 aromatic heterocycles. The molecule has 4 nitrogen and oxygen atoms in total. The topological polar surface area (TPSA) is 39.1 Å². The Morgan fingerprint density at radius 3 is 2.86 bits per heavy atom. The lowest BCUT2D eigenvalue weighted by Gasteiger charge is -2.12. The Morgan fingerprint density at radius 2 is 2.14 bits per heavy atom. The second-order valence-corrected chi connectivity index (χ2v) is 4.51. The molecule has 0 radical (unpaired) electrons. The van der Waals surface area contributed by atoms with Crippen LogP contribution in [0.3, 0.4) is 0 Å². The van der Waals surface area contributed by atoms with Gasteiger partial charge in [0.15, 0.2) is 0 Å². The van der Waals surface area contributed by atoms with Gasteiger partial charge in [0.1, 0.15) is 5.75 Å². The Morgan fingerprint density at radius 1 is 1.33 bits per heavy atom. The first kappa shape index (κ1) is 15.2. The van der Waals surface area contributed by atoms with E-state index in [1.54, 1.807) is 18.6 Å². The van der Waals surface area contributed by atoms with Crippen molar-refractivity contribution in [3.8, 4) is 5.75 Å². The molecule has 0 unspecified atom stereocenters. The quantitative estimate of drug-likeness (QED) is 0.881. The van der Waals surface area contributed by atoms with Gasteiger partial charge in [0, 0.05) is 24.5 Å². The molecular weight excluding hydrogens is 283 g/mol. The highest BCUT2D eigenvalue weighted by atomic mass is 19.4. The first-order valence-corrected chi connectivity index (χ1v) is 6.56. The van der Waals surface area contributed by atoms with Gasteiger partial charge in [-0.1, -0.05) is 13.0 Å². The summed E-state index contributed by atoms with van der Waals surface area (Å²) in [6.45, 7) is 3.40. The molecule has 0 saturated carbocycles. The van der Waals surface area contributed by atoms with Crippen molar-refractivity contribution in [2.24, 2.45) is 0 Å². The third-order valence-corrected chi connectivity index (χ3v) is 2.80. The first-order chi connectivity index (χ1) is 9.98. The summed E-state index contributed by atoms with van der Waals surface area (Å²) in [5.74, 6) is -0.241. The summed E-state index contributed by atoms with van der Waals surface area (Å²) >= 11 is 0. The molecule has 7 heteroatoms. The summed E-state index contributed by atoms with van der Waals surface area (Å²) in [4.78, 5) is 4.07. The van der Waals surface area contributed by atoms with Gasteiger partial charge in [0.2, 0.25) is 0 Å². The zero-order chi connectivity index (χ0) is 15.3. The van der Waals surface area contributed by atoms with Crippen LogP contribution in [0.15, 0.2) is 36.8 Å². The number of anilines is 1. The zero-order valence-corrected chi connectivity index (χ0v) is 11.5. The molecule has 0 aliphatic carbocycles. The molecule has 0 saturated heterocycles. The number of aryl methyl sites for hydroxylation is 1. The number of halogens is 3. The lowest BCUT2D eigenvalue weighted by molar-refractivity contribution is -0.274. The van der Waals surface area contributed by atoms with E-state index in [0.717, 1.165) is 18.7 Å². The average molecular weight is 299 g/mol. The fraction of sp³-hybridized carbons (Fsp3) is 0.357. The van der Waals surface area contributed by atoms with Crippen LogP contribution in [-0.4, -0.2) is 15.9 Å². The molecular formula is C14H16F3N3O. The molecule has 0 aliphatic rings. The number of alkyl halides is 3. The number of benzene rings is 1. The van der Waals surface area contributed by atoms with Gasteiger partial charge >= 0.3 is 6.36 Å². The minimum atomic E-state index is -4.68. The van der Waals surface area contributed by atoms with Crippen LogP contribution in [0.5, 0.6) is 5.75 Å². The van der Waals surface area contributed by atoms with Gasteiger partial charge in [-0.2, -0.15) is 0 Å². The molecule has 2 aromatic rings. The lowest BCUT2D eigenvalue weighted by Crippen LogP contribution is -2.17. The Labute approximate surface area is 120 Å². The minimum Gasteiger partial charge on any atom is -0.406 e. The van der Waals surface area contributed by atoms with Crippen molar-refractivity contribution in [2.75, 3.05) is 5.32 Å². The summed E-state index contributed by atoms with van der Waals surface area (Å²) in [6.07, 6.45) is -0.223. The van der Waals surface area contributed by atoms with Crippen molar-refractivity contribution in [1.82, 2.24) is 9.55 Å². The molecule has 21 heavy (non-hydrogen) atoms. The van der Waals surface area contributed by atoms with Crippen LogP contribution in [0.2, 0.25) is 0 Å². The largest absolute Gasteiger partial charge is 0.573 e. The van der Waals surface area contributed by atoms with Crippen molar-refractivity contribution in [1.29, 1.82) is 0 Å².